The van der Waals surface area contributed by atoms with Gasteiger partial charge < -0.3 is 29.5 Å². The normalized spacial score (nSPS) is 44.6. The fourth-order valence-electron chi connectivity index (χ4n) is 8.45. The van der Waals surface area contributed by atoms with Crippen LogP contribution >= 0.6 is 0 Å². The quantitative estimate of drug-likeness (QED) is 0.392. The Morgan fingerprint density at radius 1 is 1.08 bits per heavy atom. The summed E-state index contributed by atoms with van der Waals surface area (Å²) in [6, 6.07) is 8.58. The van der Waals surface area contributed by atoms with Gasteiger partial charge in [0, 0.05) is 17.8 Å². The molecule has 1 heterocycles. The molecule has 0 amide bonds. The molecule has 39 heavy (non-hydrogen) atoms. The van der Waals surface area contributed by atoms with Crippen LogP contribution in [0.5, 0.6) is 0 Å². The lowest BCUT2D eigenvalue weighted by Crippen LogP contribution is -2.81. The molecule has 0 radical (unpaired) electrons. The molecule has 1 aromatic carbocycles. The van der Waals surface area contributed by atoms with Gasteiger partial charge in [0.15, 0.2) is 5.60 Å². The maximum atomic E-state index is 13.7. The predicted octanol–water partition coefficient (Wildman–Crippen LogP) is 3.42. The van der Waals surface area contributed by atoms with Crippen LogP contribution < -0.4 is 0 Å². The Balaban J connectivity index is 1.80. The predicted molar refractivity (Wildman–Crippen MR) is 142 cm³/mol. The molecule has 0 aromatic heterocycles. The number of aliphatic hydroxyl groups is 3. The number of fused-ring (bicyclic) bond motifs is 5. The average molecular weight is 543 g/mol. The minimum Gasteiger partial charge on any atom is -0.455 e. The first-order chi connectivity index (χ1) is 18.1. The number of aliphatic hydroxyl groups excluding tert-OH is 2. The van der Waals surface area contributed by atoms with E-state index in [2.05, 4.69) is 0 Å². The fourth-order valence-corrected chi connectivity index (χ4v) is 8.45. The van der Waals surface area contributed by atoms with Crippen molar-refractivity contribution in [1.29, 1.82) is 0 Å². The Kier molecular flexibility index (Phi) is 6.62. The fraction of sp³-hybridized carbons (Fsp3) is 0.677. The van der Waals surface area contributed by atoms with Crippen LogP contribution in [0.4, 0.5) is 0 Å². The highest BCUT2D eigenvalue weighted by molar-refractivity contribution is 5.89. The maximum Gasteiger partial charge on any atom is 0.338 e. The first-order valence-electron chi connectivity index (χ1n) is 14.0. The van der Waals surface area contributed by atoms with Crippen LogP contribution in [-0.2, 0) is 19.0 Å². The number of carbonyl (C=O) groups is 2. The van der Waals surface area contributed by atoms with Crippen molar-refractivity contribution in [2.24, 2.45) is 28.6 Å². The Morgan fingerprint density at radius 2 is 1.72 bits per heavy atom. The molecule has 2 saturated carbocycles. The van der Waals surface area contributed by atoms with E-state index in [-0.39, 0.29) is 24.9 Å². The van der Waals surface area contributed by atoms with Crippen LogP contribution in [0.1, 0.15) is 71.7 Å². The van der Waals surface area contributed by atoms with Crippen molar-refractivity contribution in [2.45, 2.75) is 96.9 Å². The molecule has 2 bridgehead atoms. The lowest BCUT2D eigenvalue weighted by atomic mass is 9.42. The van der Waals surface area contributed by atoms with Gasteiger partial charge in [0.2, 0.25) is 0 Å². The highest BCUT2D eigenvalue weighted by Gasteiger charge is 2.76. The van der Waals surface area contributed by atoms with Crippen molar-refractivity contribution >= 4 is 11.9 Å². The van der Waals surface area contributed by atoms with Gasteiger partial charge in [-0.2, -0.15) is 0 Å². The lowest BCUT2D eigenvalue weighted by Gasteiger charge is -2.69. The van der Waals surface area contributed by atoms with E-state index in [0.717, 1.165) is 5.57 Å². The third kappa shape index (κ3) is 3.71. The van der Waals surface area contributed by atoms with Crippen molar-refractivity contribution in [2.75, 3.05) is 6.61 Å². The van der Waals surface area contributed by atoms with Crippen molar-refractivity contribution in [3.05, 3.63) is 47.0 Å². The van der Waals surface area contributed by atoms with Gasteiger partial charge in [-0.3, -0.25) is 4.79 Å². The van der Waals surface area contributed by atoms with Gasteiger partial charge in [0.1, 0.15) is 23.9 Å². The summed E-state index contributed by atoms with van der Waals surface area (Å²) in [4.78, 5) is 26.3. The summed E-state index contributed by atoms with van der Waals surface area (Å²) in [5.41, 5.74) is -3.32. The number of allylic oxidation sites excluding steroid dienone is 1. The van der Waals surface area contributed by atoms with Gasteiger partial charge in [-0.15, -0.1) is 0 Å². The molecule has 5 rings (SSSR count). The number of hydrogen-bond donors (Lipinski definition) is 3. The van der Waals surface area contributed by atoms with Crippen LogP contribution in [0.25, 0.3) is 0 Å². The van der Waals surface area contributed by atoms with E-state index >= 15 is 0 Å². The zero-order valence-corrected chi connectivity index (χ0v) is 23.9. The van der Waals surface area contributed by atoms with Gasteiger partial charge >= 0.3 is 11.9 Å². The summed E-state index contributed by atoms with van der Waals surface area (Å²) in [7, 11) is 0. The second kappa shape index (κ2) is 9.13. The summed E-state index contributed by atoms with van der Waals surface area (Å²) in [5, 5.41) is 36.9. The first kappa shape index (κ1) is 28.3. The number of esters is 2. The second-order valence-corrected chi connectivity index (χ2v) is 13.2. The van der Waals surface area contributed by atoms with E-state index in [4.69, 9.17) is 14.2 Å². The van der Waals surface area contributed by atoms with E-state index in [9.17, 15) is 24.9 Å². The topological polar surface area (TPSA) is 123 Å². The molecule has 214 valence electrons. The van der Waals surface area contributed by atoms with E-state index in [0.29, 0.717) is 17.6 Å². The van der Waals surface area contributed by atoms with Crippen LogP contribution in [-0.4, -0.2) is 69.5 Å². The average Bonchev–Trinajstić information content (AvgIpc) is 2.87. The molecule has 10 atom stereocenters. The van der Waals surface area contributed by atoms with E-state index < -0.39 is 64.3 Å². The smallest absolute Gasteiger partial charge is 0.338 e. The standard InChI is InChI=1S/C31H42O8/c1-16-14-31(36)26(38-27(35)20-11-9-8-10-12-20)24-29(7,25(34)23(33)22(18(16)3)28(31,5)6)17(2)13-21-30(24,15-37-21)39-19(4)32/h8-12,16-17,21,23-26,33-34,36H,13-15H2,1-7H3/t16-,17+,21+,23-,24-,25-,26-,29+,30-,31+/m0/s1. The zero-order valence-electron chi connectivity index (χ0n) is 23.9. The van der Waals surface area contributed by atoms with Crippen LogP contribution in [0, 0.1) is 28.6 Å². The summed E-state index contributed by atoms with van der Waals surface area (Å²) < 4.78 is 18.4. The number of benzene rings is 1. The molecule has 8 nitrogen and oxygen atoms in total. The largest absolute Gasteiger partial charge is 0.455 e. The third-order valence-corrected chi connectivity index (χ3v) is 11.0. The number of ether oxygens (including phenoxy) is 3. The summed E-state index contributed by atoms with van der Waals surface area (Å²) in [6.07, 6.45) is -3.52. The molecule has 1 saturated heterocycles. The SMILES string of the molecule is CC(=O)O[C@@]12CO[C@@H]1C[C@@H](C)[C@]1(C)[C@@H]2[C@H](OC(=O)c2ccccc2)[C@]2(O)C[C@H](C)C(C)=C([C@H](O)[C@@H]1O)C2(C)C. The van der Waals surface area contributed by atoms with Gasteiger partial charge in [-0.25, -0.2) is 4.79 Å². The molecule has 1 aromatic rings. The van der Waals surface area contributed by atoms with Crippen molar-refractivity contribution in [3.63, 3.8) is 0 Å². The van der Waals surface area contributed by atoms with Gasteiger partial charge in [-0.1, -0.05) is 58.4 Å². The highest BCUT2D eigenvalue weighted by atomic mass is 16.6. The van der Waals surface area contributed by atoms with Crippen molar-refractivity contribution in [1.82, 2.24) is 0 Å². The molecular weight excluding hydrogens is 500 g/mol. The Morgan fingerprint density at radius 3 is 2.28 bits per heavy atom. The lowest BCUT2D eigenvalue weighted by molar-refractivity contribution is -0.358. The number of carbonyl (C=O) groups excluding carboxylic acids is 2. The van der Waals surface area contributed by atoms with Gasteiger partial charge in [0.25, 0.3) is 0 Å². The maximum absolute atomic E-state index is 13.7. The molecule has 1 aliphatic heterocycles. The van der Waals surface area contributed by atoms with Gasteiger partial charge in [-0.05, 0) is 49.3 Å². The Bertz CT molecular complexity index is 1190. The van der Waals surface area contributed by atoms with E-state index in [1.165, 1.54) is 6.92 Å². The third-order valence-electron chi connectivity index (χ3n) is 11.0. The summed E-state index contributed by atoms with van der Waals surface area (Å²) >= 11 is 0. The van der Waals surface area contributed by atoms with Crippen molar-refractivity contribution in [3.8, 4) is 0 Å². The molecule has 0 unspecified atom stereocenters. The van der Waals surface area contributed by atoms with Gasteiger partial charge in [0.05, 0.1) is 24.2 Å². The molecular formula is C31H42O8. The monoisotopic (exact) mass is 542 g/mol. The molecule has 3 N–H and O–H groups in total. The number of hydrogen-bond acceptors (Lipinski definition) is 8. The molecule has 4 aliphatic rings. The van der Waals surface area contributed by atoms with E-state index in [1.807, 2.05) is 41.5 Å². The second-order valence-electron chi connectivity index (χ2n) is 13.2. The van der Waals surface area contributed by atoms with E-state index in [1.54, 1.807) is 30.3 Å². The molecule has 3 aliphatic carbocycles. The summed E-state index contributed by atoms with van der Waals surface area (Å²) in [5.74, 6) is -2.41. The zero-order chi connectivity index (χ0) is 28.7. The van der Waals surface area contributed by atoms with Crippen LogP contribution in [0.2, 0.25) is 0 Å². The van der Waals surface area contributed by atoms with Crippen molar-refractivity contribution < 1.29 is 39.1 Å². The highest BCUT2D eigenvalue weighted by Crippen LogP contribution is 2.66. The Labute approximate surface area is 230 Å². The molecule has 0 spiro atoms. The first-order valence-corrected chi connectivity index (χ1v) is 14.0. The minimum absolute atomic E-state index is 0.0419. The number of rotatable bonds is 3. The molecule has 3 fully saturated rings. The summed E-state index contributed by atoms with van der Waals surface area (Å²) in [6.45, 7) is 12.8. The molecule has 8 heteroatoms. The van der Waals surface area contributed by atoms with Crippen LogP contribution in [0.15, 0.2) is 41.5 Å². The Hall–Kier alpha value is -2.26. The minimum atomic E-state index is -1.66. The van der Waals surface area contributed by atoms with Crippen LogP contribution in [0.3, 0.4) is 0 Å².